The van der Waals surface area contributed by atoms with E-state index in [1.165, 1.54) is 11.8 Å². The second kappa shape index (κ2) is 7.43. The first-order valence-electron chi connectivity index (χ1n) is 6.86. The van der Waals surface area contributed by atoms with Gasteiger partial charge >= 0.3 is 0 Å². The molecule has 0 atom stereocenters. The Morgan fingerprint density at radius 1 is 1.14 bits per heavy atom. The highest BCUT2D eigenvalue weighted by atomic mass is 35.5. The van der Waals surface area contributed by atoms with E-state index in [1.54, 1.807) is 30.3 Å². The molecule has 1 amide bonds. The Morgan fingerprint density at radius 3 is 2.41 bits per heavy atom. The van der Waals surface area contributed by atoms with Crippen LogP contribution in [-0.2, 0) is 0 Å². The Bertz CT molecular complexity index is 694. The van der Waals surface area contributed by atoms with Crippen molar-refractivity contribution in [1.82, 2.24) is 5.43 Å². The lowest BCUT2D eigenvalue weighted by Crippen LogP contribution is -2.17. The molecule has 0 saturated heterocycles. The minimum absolute atomic E-state index is 0.267. The van der Waals surface area contributed by atoms with Gasteiger partial charge in [0.25, 0.3) is 5.91 Å². The molecule has 3 nitrogen and oxygen atoms in total. The van der Waals surface area contributed by atoms with E-state index in [9.17, 15) is 4.79 Å². The first-order chi connectivity index (χ1) is 10.5. The van der Waals surface area contributed by atoms with E-state index in [0.29, 0.717) is 27.1 Å². The summed E-state index contributed by atoms with van der Waals surface area (Å²) in [6.07, 6.45) is 1.49. The summed E-state index contributed by atoms with van der Waals surface area (Å²) in [6.45, 7) is 4.21. The topological polar surface area (TPSA) is 41.5 Å². The molecular weight excluding hydrogens is 319 g/mol. The number of rotatable bonds is 4. The van der Waals surface area contributed by atoms with Crippen molar-refractivity contribution in [3.63, 3.8) is 0 Å². The number of nitrogens with zero attached hydrogens (tertiary/aromatic N) is 1. The van der Waals surface area contributed by atoms with Crippen molar-refractivity contribution in [2.45, 2.75) is 19.8 Å². The predicted octanol–water partition coefficient (Wildman–Crippen LogP) is 4.88. The fraction of sp³-hybridized carbons (Fsp3) is 0.176. The maximum Gasteiger partial charge on any atom is 0.271 e. The summed E-state index contributed by atoms with van der Waals surface area (Å²) < 4.78 is 0. The van der Waals surface area contributed by atoms with Gasteiger partial charge in [-0.3, -0.25) is 4.79 Å². The van der Waals surface area contributed by atoms with Crippen LogP contribution in [-0.4, -0.2) is 12.1 Å². The van der Waals surface area contributed by atoms with E-state index in [4.69, 9.17) is 23.2 Å². The molecule has 0 aliphatic rings. The Hall–Kier alpha value is -1.84. The zero-order valence-electron chi connectivity index (χ0n) is 12.3. The highest BCUT2D eigenvalue weighted by Crippen LogP contribution is 2.19. The molecule has 5 heteroatoms. The third-order valence-corrected chi connectivity index (χ3v) is 3.73. The Balaban J connectivity index is 2.01. The molecule has 0 heterocycles. The SMILES string of the molecule is CC(C)c1ccc(C(=O)NN=Cc2ccc(Cl)cc2Cl)cc1. The minimum atomic E-state index is -0.267. The molecule has 114 valence electrons. The van der Waals surface area contributed by atoms with Gasteiger partial charge in [0.2, 0.25) is 0 Å². The van der Waals surface area contributed by atoms with Crippen molar-refractivity contribution in [3.8, 4) is 0 Å². The molecule has 1 N–H and O–H groups in total. The molecule has 0 unspecified atom stereocenters. The number of amides is 1. The van der Waals surface area contributed by atoms with Crippen LogP contribution in [0.15, 0.2) is 47.6 Å². The van der Waals surface area contributed by atoms with Gasteiger partial charge in [-0.05, 0) is 35.7 Å². The van der Waals surface area contributed by atoms with Gasteiger partial charge in [0, 0.05) is 16.1 Å². The third-order valence-electron chi connectivity index (χ3n) is 3.17. The molecule has 2 aromatic rings. The fourth-order valence-corrected chi connectivity index (χ4v) is 2.31. The van der Waals surface area contributed by atoms with Crippen molar-refractivity contribution in [1.29, 1.82) is 0 Å². The van der Waals surface area contributed by atoms with Gasteiger partial charge in [0.15, 0.2) is 0 Å². The summed E-state index contributed by atoms with van der Waals surface area (Å²) in [6, 6.07) is 12.5. The summed E-state index contributed by atoms with van der Waals surface area (Å²) >= 11 is 11.8. The number of hydrogen-bond donors (Lipinski definition) is 1. The van der Waals surface area contributed by atoms with Crippen LogP contribution in [0.2, 0.25) is 10.0 Å². The lowest BCUT2D eigenvalue weighted by atomic mass is 10.0. The van der Waals surface area contributed by atoms with E-state index in [0.717, 1.165) is 0 Å². The lowest BCUT2D eigenvalue weighted by molar-refractivity contribution is 0.0955. The molecule has 0 spiro atoms. The van der Waals surface area contributed by atoms with Crippen LogP contribution in [0, 0.1) is 0 Å². The Labute approximate surface area is 139 Å². The maximum atomic E-state index is 12.0. The molecule has 2 rings (SSSR count). The molecule has 2 aromatic carbocycles. The number of carbonyl (C=O) groups is 1. The van der Waals surface area contributed by atoms with E-state index in [1.807, 2.05) is 12.1 Å². The standard InChI is InChI=1S/C17H16Cl2N2O/c1-11(2)12-3-5-13(6-4-12)17(22)21-20-10-14-7-8-15(18)9-16(14)19/h3-11H,1-2H3,(H,21,22). The van der Waals surface area contributed by atoms with Gasteiger partial charge in [-0.25, -0.2) is 5.43 Å². The summed E-state index contributed by atoms with van der Waals surface area (Å²) in [7, 11) is 0. The van der Waals surface area contributed by atoms with Crippen LogP contribution in [0.5, 0.6) is 0 Å². The average molecular weight is 335 g/mol. The van der Waals surface area contributed by atoms with Gasteiger partial charge in [0.05, 0.1) is 11.2 Å². The van der Waals surface area contributed by atoms with Crippen molar-refractivity contribution in [2.24, 2.45) is 5.10 Å². The van der Waals surface area contributed by atoms with Crippen LogP contribution in [0.4, 0.5) is 0 Å². The predicted molar refractivity (Wildman–Crippen MR) is 92.1 cm³/mol. The van der Waals surface area contributed by atoms with Gasteiger partial charge in [-0.2, -0.15) is 5.10 Å². The third kappa shape index (κ3) is 4.33. The number of hydrazone groups is 1. The molecule has 0 aliphatic carbocycles. The molecule has 0 fully saturated rings. The summed E-state index contributed by atoms with van der Waals surface area (Å²) in [4.78, 5) is 12.0. The second-order valence-corrected chi connectivity index (χ2v) is 5.99. The minimum Gasteiger partial charge on any atom is -0.267 e. The Kier molecular flexibility index (Phi) is 5.58. The van der Waals surface area contributed by atoms with Gasteiger partial charge in [-0.1, -0.05) is 55.2 Å². The van der Waals surface area contributed by atoms with Gasteiger partial charge in [0.1, 0.15) is 0 Å². The van der Waals surface area contributed by atoms with Crippen LogP contribution in [0.3, 0.4) is 0 Å². The fourth-order valence-electron chi connectivity index (χ4n) is 1.85. The molecule has 0 aliphatic heterocycles. The van der Waals surface area contributed by atoms with Crippen LogP contribution < -0.4 is 5.43 Å². The quantitative estimate of drug-likeness (QED) is 0.628. The maximum absolute atomic E-state index is 12.0. The number of hydrogen-bond acceptors (Lipinski definition) is 2. The highest BCUT2D eigenvalue weighted by molar-refractivity contribution is 6.36. The summed E-state index contributed by atoms with van der Waals surface area (Å²) in [5, 5.41) is 4.94. The van der Waals surface area contributed by atoms with Crippen LogP contribution in [0.1, 0.15) is 41.3 Å². The molecule has 0 saturated carbocycles. The summed E-state index contributed by atoms with van der Waals surface area (Å²) in [5.74, 6) is 0.166. The highest BCUT2D eigenvalue weighted by Gasteiger charge is 2.05. The van der Waals surface area contributed by atoms with Crippen molar-refractivity contribution in [2.75, 3.05) is 0 Å². The van der Waals surface area contributed by atoms with Gasteiger partial charge in [-0.15, -0.1) is 0 Å². The van der Waals surface area contributed by atoms with Gasteiger partial charge < -0.3 is 0 Å². The van der Waals surface area contributed by atoms with Crippen LogP contribution >= 0.6 is 23.2 Å². The average Bonchev–Trinajstić information content (AvgIpc) is 2.49. The van der Waals surface area contributed by atoms with E-state index >= 15 is 0 Å². The first kappa shape index (κ1) is 16.5. The Morgan fingerprint density at radius 2 is 1.82 bits per heavy atom. The number of benzene rings is 2. The monoisotopic (exact) mass is 334 g/mol. The number of halogens is 2. The van der Waals surface area contributed by atoms with Crippen molar-refractivity contribution < 1.29 is 4.79 Å². The molecular formula is C17H16Cl2N2O. The van der Waals surface area contributed by atoms with E-state index < -0.39 is 0 Å². The number of carbonyl (C=O) groups excluding carboxylic acids is 1. The molecule has 0 bridgehead atoms. The largest absolute Gasteiger partial charge is 0.271 e. The first-order valence-corrected chi connectivity index (χ1v) is 7.61. The molecule has 0 aromatic heterocycles. The normalized spacial score (nSPS) is 11.1. The van der Waals surface area contributed by atoms with E-state index in [-0.39, 0.29) is 5.91 Å². The summed E-state index contributed by atoms with van der Waals surface area (Å²) in [5.41, 5.74) is 4.91. The second-order valence-electron chi connectivity index (χ2n) is 5.14. The van der Waals surface area contributed by atoms with Crippen molar-refractivity contribution >= 4 is 35.3 Å². The van der Waals surface area contributed by atoms with Crippen LogP contribution in [0.25, 0.3) is 0 Å². The zero-order valence-corrected chi connectivity index (χ0v) is 13.8. The number of nitrogens with one attached hydrogen (secondary N) is 1. The zero-order chi connectivity index (χ0) is 16.1. The smallest absolute Gasteiger partial charge is 0.267 e. The van der Waals surface area contributed by atoms with Crippen molar-refractivity contribution in [3.05, 3.63) is 69.2 Å². The molecule has 0 radical (unpaired) electrons. The van der Waals surface area contributed by atoms with E-state index in [2.05, 4.69) is 24.4 Å². The lowest BCUT2D eigenvalue weighted by Gasteiger charge is -2.06. The molecule has 22 heavy (non-hydrogen) atoms.